The number of halogens is 1. The van der Waals surface area contributed by atoms with Crippen LogP contribution in [0.3, 0.4) is 0 Å². The fourth-order valence-electron chi connectivity index (χ4n) is 3.90. The van der Waals surface area contributed by atoms with E-state index in [0.29, 0.717) is 16.8 Å². The summed E-state index contributed by atoms with van der Waals surface area (Å²) in [6.07, 6.45) is 3.35. The molecule has 1 fully saturated rings. The molecule has 1 aliphatic rings. The molecule has 0 unspecified atom stereocenters. The second-order valence-electron chi connectivity index (χ2n) is 7.56. The summed E-state index contributed by atoms with van der Waals surface area (Å²) < 4.78 is 19.7. The van der Waals surface area contributed by atoms with Crippen LogP contribution in [-0.2, 0) is 6.54 Å². The van der Waals surface area contributed by atoms with Crippen molar-refractivity contribution in [2.45, 2.75) is 32.4 Å². The van der Waals surface area contributed by atoms with E-state index in [1.54, 1.807) is 24.2 Å². The predicted octanol–water partition coefficient (Wildman–Crippen LogP) is 5.04. The number of benzene rings is 2. The van der Waals surface area contributed by atoms with Crippen LogP contribution in [0.5, 0.6) is 0 Å². The van der Waals surface area contributed by atoms with E-state index in [1.807, 2.05) is 48.5 Å². The third-order valence-corrected chi connectivity index (χ3v) is 5.55. The van der Waals surface area contributed by atoms with Crippen molar-refractivity contribution in [3.8, 4) is 0 Å². The molecule has 3 aromatic rings. The fourth-order valence-corrected chi connectivity index (χ4v) is 3.90. The molecule has 150 valence electrons. The smallest absolute Gasteiger partial charge is 0.258 e. The summed E-state index contributed by atoms with van der Waals surface area (Å²) in [7, 11) is 0. The minimum atomic E-state index is -0.288. The van der Waals surface area contributed by atoms with Gasteiger partial charge in [0.15, 0.2) is 0 Å². The van der Waals surface area contributed by atoms with Gasteiger partial charge in [0, 0.05) is 30.4 Å². The zero-order chi connectivity index (χ0) is 20.2. The zero-order valence-corrected chi connectivity index (χ0v) is 16.6. The van der Waals surface area contributed by atoms with Crippen LogP contribution in [0.15, 0.2) is 71.3 Å². The van der Waals surface area contributed by atoms with Crippen LogP contribution in [0.25, 0.3) is 0 Å². The van der Waals surface area contributed by atoms with Crippen molar-refractivity contribution in [3.05, 3.63) is 89.6 Å². The summed E-state index contributed by atoms with van der Waals surface area (Å²) in [5.41, 5.74) is 1.81. The van der Waals surface area contributed by atoms with Crippen LogP contribution in [0.1, 0.15) is 34.5 Å². The van der Waals surface area contributed by atoms with E-state index in [4.69, 9.17) is 4.42 Å². The van der Waals surface area contributed by atoms with Crippen molar-refractivity contribution in [1.29, 1.82) is 0 Å². The molecule has 0 atom stereocenters. The molecule has 0 N–H and O–H groups in total. The number of hydrogen-bond acceptors (Lipinski definition) is 3. The second kappa shape index (κ2) is 8.62. The molecule has 0 radical (unpaired) electrons. The number of hydrogen-bond donors (Lipinski definition) is 0. The lowest BCUT2D eigenvalue weighted by molar-refractivity contribution is 0.0957. The highest BCUT2D eigenvalue weighted by Crippen LogP contribution is 2.28. The summed E-state index contributed by atoms with van der Waals surface area (Å²) in [6, 6.07) is 18.2. The molecule has 0 aliphatic carbocycles. The highest BCUT2D eigenvalue weighted by molar-refractivity contribution is 6.06. The molecule has 1 saturated heterocycles. The molecule has 1 amide bonds. The maximum absolute atomic E-state index is 14.3. The Morgan fingerprint density at radius 1 is 1.10 bits per heavy atom. The van der Waals surface area contributed by atoms with Crippen LogP contribution in [0.4, 0.5) is 10.1 Å². The van der Waals surface area contributed by atoms with E-state index in [2.05, 4.69) is 4.90 Å². The lowest BCUT2D eigenvalue weighted by Crippen LogP contribution is -2.47. The van der Waals surface area contributed by atoms with Gasteiger partial charge in [0.1, 0.15) is 11.6 Å². The van der Waals surface area contributed by atoms with E-state index >= 15 is 0 Å². The minimum absolute atomic E-state index is 0.0256. The molecule has 0 spiro atoms. The number of anilines is 1. The number of nitrogens with zero attached hydrogens (tertiary/aromatic N) is 2. The Morgan fingerprint density at radius 2 is 1.86 bits per heavy atom. The first-order valence-electron chi connectivity index (χ1n) is 10.0. The molecule has 4 nitrogen and oxygen atoms in total. The summed E-state index contributed by atoms with van der Waals surface area (Å²) in [5.74, 6) is 0.572. The molecule has 4 rings (SSSR count). The lowest BCUT2D eigenvalue weighted by atomic mass is 10.00. The zero-order valence-electron chi connectivity index (χ0n) is 16.6. The normalized spacial score (nSPS) is 15.4. The van der Waals surface area contributed by atoms with Gasteiger partial charge in [0.2, 0.25) is 0 Å². The van der Waals surface area contributed by atoms with E-state index < -0.39 is 0 Å². The molecule has 0 bridgehead atoms. The third kappa shape index (κ3) is 4.40. The Kier molecular flexibility index (Phi) is 5.76. The molecule has 1 aliphatic heterocycles. The van der Waals surface area contributed by atoms with Crippen LogP contribution in [0, 0.1) is 12.7 Å². The van der Waals surface area contributed by atoms with Crippen molar-refractivity contribution < 1.29 is 13.6 Å². The highest BCUT2D eigenvalue weighted by Gasteiger charge is 2.30. The SMILES string of the molecule is Cc1ccc(N(C(=O)c2ccccc2)C2CCN(Cc3ccco3)CC2)cc1F. The fraction of sp³-hybridized carbons (Fsp3) is 0.292. The van der Waals surface area contributed by atoms with Crippen LogP contribution < -0.4 is 4.90 Å². The van der Waals surface area contributed by atoms with Gasteiger partial charge in [0.05, 0.1) is 12.8 Å². The average Bonchev–Trinajstić information content (AvgIpc) is 3.26. The van der Waals surface area contributed by atoms with Gasteiger partial charge < -0.3 is 9.32 Å². The van der Waals surface area contributed by atoms with E-state index in [1.165, 1.54) is 6.07 Å². The van der Waals surface area contributed by atoms with Gasteiger partial charge in [-0.15, -0.1) is 0 Å². The molecule has 2 heterocycles. The van der Waals surface area contributed by atoms with E-state index in [-0.39, 0.29) is 17.8 Å². The van der Waals surface area contributed by atoms with E-state index in [0.717, 1.165) is 38.2 Å². The first-order valence-corrected chi connectivity index (χ1v) is 10.0. The lowest BCUT2D eigenvalue weighted by Gasteiger charge is -2.38. The topological polar surface area (TPSA) is 36.7 Å². The Balaban J connectivity index is 1.55. The summed E-state index contributed by atoms with van der Waals surface area (Å²) in [4.78, 5) is 17.5. The molecule has 1 aromatic heterocycles. The Hall–Kier alpha value is -2.92. The quantitative estimate of drug-likeness (QED) is 0.610. The largest absolute Gasteiger partial charge is 0.468 e. The van der Waals surface area contributed by atoms with Gasteiger partial charge in [-0.05, 0) is 61.7 Å². The van der Waals surface area contributed by atoms with Gasteiger partial charge in [0.25, 0.3) is 5.91 Å². The summed E-state index contributed by atoms with van der Waals surface area (Å²) in [5, 5.41) is 0. The van der Waals surface area contributed by atoms with Crippen molar-refractivity contribution >= 4 is 11.6 Å². The Bertz CT molecular complexity index is 948. The number of rotatable bonds is 5. The van der Waals surface area contributed by atoms with Gasteiger partial charge in [-0.1, -0.05) is 24.3 Å². The maximum atomic E-state index is 14.3. The highest BCUT2D eigenvalue weighted by atomic mass is 19.1. The molecule has 29 heavy (non-hydrogen) atoms. The first-order chi connectivity index (χ1) is 14.1. The van der Waals surface area contributed by atoms with Gasteiger partial charge in [-0.25, -0.2) is 4.39 Å². The molecular formula is C24H25FN2O2. The van der Waals surface area contributed by atoms with Gasteiger partial charge >= 0.3 is 0 Å². The van der Waals surface area contributed by atoms with Crippen LogP contribution in [0.2, 0.25) is 0 Å². The monoisotopic (exact) mass is 392 g/mol. The third-order valence-electron chi connectivity index (χ3n) is 5.55. The van der Waals surface area contributed by atoms with Crippen LogP contribution in [-0.4, -0.2) is 29.9 Å². The first kappa shape index (κ1) is 19.4. The van der Waals surface area contributed by atoms with Crippen LogP contribution >= 0.6 is 0 Å². The minimum Gasteiger partial charge on any atom is -0.468 e. The number of likely N-dealkylation sites (tertiary alicyclic amines) is 1. The van der Waals surface area contributed by atoms with Crippen molar-refractivity contribution in [3.63, 3.8) is 0 Å². The average molecular weight is 392 g/mol. The summed E-state index contributed by atoms with van der Waals surface area (Å²) >= 11 is 0. The number of amides is 1. The molecule has 2 aromatic carbocycles. The van der Waals surface area contributed by atoms with Crippen molar-refractivity contribution in [2.75, 3.05) is 18.0 Å². The Morgan fingerprint density at radius 3 is 2.52 bits per heavy atom. The molecular weight excluding hydrogens is 367 g/mol. The van der Waals surface area contributed by atoms with Gasteiger partial charge in [-0.3, -0.25) is 9.69 Å². The maximum Gasteiger partial charge on any atom is 0.258 e. The molecule has 5 heteroatoms. The Labute approximate surface area is 170 Å². The number of furan rings is 1. The summed E-state index contributed by atoms with van der Waals surface area (Å²) in [6.45, 7) is 4.22. The number of carbonyl (C=O) groups is 1. The van der Waals surface area contributed by atoms with Gasteiger partial charge in [-0.2, -0.15) is 0 Å². The predicted molar refractivity (Wildman–Crippen MR) is 111 cm³/mol. The van der Waals surface area contributed by atoms with Crippen molar-refractivity contribution in [2.24, 2.45) is 0 Å². The number of carbonyl (C=O) groups excluding carboxylic acids is 1. The number of aryl methyl sites for hydroxylation is 1. The number of piperidine rings is 1. The second-order valence-corrected chi connectivity index (χ2v) is 7.56. The van der Waals surface area contributed by atoms with E-state index in [9.17, 15) is 9.18 Å². The van der Waals surface area contributed by atoms with Crippen molar-refractivity contribution in [1.82, 2.24) is 4.90 Å². The standard InChI is InChI=1S/C24H25FN2O2/c1-18-9-10-21(16-23(18)25)27(24(28)19-6-3-2-4-7-19)20-11-13-26(14-12-20)17-22-8-5-15-29-22/h2-10,15-16,20H,11-14,17H2,1H3. The molecule has 0 saturated carbocycles.